The van der Waals surface area contributed by atoms with Crippen LogP contribution >= 0.6 is 0 Å². The van der Waals surface area contributed by atoms with Crippen molar-refractivity contribution >= 4 is 17.8 Å². The fourth-order valence-corrected chi connectivity index (χ4v) is 3.45. The number of hydrogen-bond acceptors (Lipinski definition) is 8. The van der Waals surface area contributed by atoms with Gasteiger partial charge in [0.15, 0.2) is 17.2 Å². The summed E-state index contributed by atoms with van der Waals surface area (Å²) in [5.74, 6) is -2.19. The summed E-state index contributed by atoms with van der Waals surface area (Å²) in [5, 5.41) is 12.7. The van der Waals surface area contributed by atoms with Crippen LogP contribution in [-0.2, 0) is 19.1 Å². The van der Waals surface area contributed by atoms with E-state index >= 15 is 0 Å². The number of nitrogens with zero attached hydrogens (tertiary/aromatic N) is 1. The Morgan fingerprint density at radius 2 is 1.54 bits per heavy atom. The van der Waals surface area contributed by atoms with Crippen molar-refractivity contribution in [3.63, 3.8) is 0 Å². The molecular formula is C26H42N2O7. The van der Waals surface area contributed by atoms with E-state index in [-0.39, 0.29) is 30.9 Å². The minimum atomic E-state index is -1.08. The normalized spacial score (nSPS) is 11.5. The molecule has 0 aliphatic rings. The Morgan fingerprint density at radius 3 is 2.14 bits per heavy atom. The number of carbonyl (C=O) groups is 3. The van der Waals surface area contributed by atoms with Crippen molar-refractivity contribution in [3.05, 3.63) is 18.0 Å². The van der Waals surface area contributed by atoms with Crippen LogP contribution in [0, 0.1) is 0 Å². The molecule has 35 heavy (non-hydrogen) atoms. The molecule has 0 aromatic carbocycles. The van der Waals surface area contributed by atoms with E-state index in [1.165, 1.54) is 19.4 Å². The summed E-state index contributed by atoms with van der Waals surface area (Å²) >= 11 is 0. The lowest BCUT2D eigenvalue weighted by atomic mass is 10.1. The van der Waals surface area contributed by atoms with Gasteiger partial charge >= 0.3 is 11.9 Å². The largest absolute Gasteiger partial charge is 0.503 e. The predicted octanol–water partition coefficient (Wildman–Crippen LogP) is 4.70. The Morgan fingerprint density at radius 1 is 0.943 bits per heavy atom. The molecule has 1 amide bonds. The molecule has 0 bridgehead atoms. The fraction of sp³-hybridized carbons (Fsp3) is 0.692. The van der Waals surface area contributed by atoms with Crippen molar-refractivity contribution in [1.29, 1.82) is 0 Å². The molecule has 0 saturated carbocycles. The van der Waals surface area contributed by atoms with E-state index in [1.54, 1.807) is 0 Å². The molecule has 2 N–H and O–H groups in total. The van der Waals surface area contributed by atoms with E-state index in [0.29, 0.717) is 6.61 Å². The molecule has 198 valence electrons. The number of ether oxygens (including phenoxy) is 3. The van der Waals surface area contributed by atoms with Gasteiger partial charge in [0.25, 0.3) is 5.91 Å². The number of amides is 1. The van der Waals surface area contributed by atoms with Gasteiger partial charge in [-0.05, 0) is 19.3 Å². The minimum Gasteiger partial charge on any atom is -0.503 e. The molecule has 0 aliphatic heterocycles. The van der Waals surface area contributed by atoms with Gasteiger partial charge in [-0.1, -0.05) is 65.2 Å². The highest BCUT2D eigenvalue weighted by atomic mass is 16.5. The van der Waals surface area contributed by atoms with Gasteiger partial charge in [0.2, 0.25) is 0 Å². The number of nitrogens with one attached hydrogen (secondary N) is 1. The number of aromatic hydroxyl groups is 1. The summed E-state index contributed by atoms with van der Waals surface area (Å²) in [6, 6.07) is 0.330. The maximum absolute atomic E-state index is 12.7. The van der Waals surface area contributed by atoms with Crippen LogP contribution in [0.1, 0.15) is 101 Å². The van der Waals surface area contributed by atoms with Crippen molar-refractivity contribution in [2.75, 3.05) is 20.3 Å². The number of pyridine rings is 1. The van der Waals surface area contributed by atoms with Crippen molar-refractivity contribution < 1.29 is 33.7 Å². The summed E-state index contributed by atoms with van der Waals surface area (Å²) in [6.45, 7) is 4.83. The van der Waals surface area contributed by atoms with Crippen LogP contribution in [0.3, 0.4) is 0 Å². The lowest BCUT2D eigenvalue weighted by Gasteiger charge is -2.18. The van der Waals surface area contributed by atoms with Crippen LogP contribution in [0.25, 0.3) is 0 Å². The zero-order valence-electron chi connectivity index (χ0n) is 21.5. The molecule has 0 saturated heterocycles. The second-order valence-electron chi connectivity index (χ2n) is 8.49. The monoisotopic (exact) mass is 494 g/mol. The summed E-state index contributed by atoms with van der Waals surface area (Å²) in [5.41, 5.74) is -0.281. The highest BCUT2D eigenvalue weighted by Gasteiger charge is 2.26. The number of carbonyl (C=O) groups excluding carboxylic acids is 3. The maximum Gasteiger partial charge on any atom is 0.328 e. The number of unbranched alkanes of at least 4 members (excludes halogenated alkanes) is 8. The number of methoxy groups -OCH3 is 1. The summed E-state index contributed by atoms with van der Waals surface area (Å²) < 4.78 is 15.6. The van der Waals surface area contributed by atoms with Crippen LogP contribution in [0.4, 0.5) is 0 Å². The third kappa shape index (κ3) is 12.4. The van der Waals surface area contributed by atoms with Gasteiger partial charge in [0, 0.05) is 18.7 Å². The van der Waals surface area contributed by atoms with Gasteiger partial charge in [-0.3, -0.25) is 9.59 Å². The molecule has 1 aromatic heterocycles. The summed E-state index contributed by atoms with van der Waals surface area (Å²) in [6.07, 6.45) is 11.5. The average Bonchev–Trinajstić information content (AvgIpc) is 2.85. The third-order valence-corrected chi connectivity index (χ3v) is 5.55. The fourth-order valence-electron chi connectivity index (χ4n) is 3.45. The van der Waals surface area contributed by atoms with Gasteiger partial charge < -0.3 is 24.6 Å². The molecule has 0 radical (unpaired) electrons. The Labute approximate surface area is 208 Å². The lowest BCUT2D eigenvalue weighted by Crippen LogP contribution is -2.42. The van der Waals surface area contributed by atoms with Crippen LogP contribution in [-0.4, -0.2) is 54.3 Å². The van der Waals surface area contributed by atoms with E-state index < -0.39 is 29.6 Å². The molecule has 1 atom stereocenters. The van der Waals surface area contributed by atoms with Crippen molar-refractivity contribution in [1.82, 2.24) is 10.3 Å². The molecule has 0 spiro atoms. The summed E-state index contributed by atoms with van der Waals surface area (Å²) in [4.78, 5) is 41.4. The number of hydrogen-bond donors (Lipinski definition) is 2. The van der Waals surface area contributed by atoms with E-state index in [2.05, 4.69) is 24.1 Å². The van der Waals surface area contributed by atoms with Crippen LogP contribution in [0.2, 0.25) is 0 Å². The Bertz CT molecular complexity index is 770. The molecule has 1 rings (SSSR count). The molecule has 1 heterocycles. The van der Waals surface area contributed by atoms with Crippen molar-refractivity contribution in [3.8, 4) is 11.5 Å². The van der Waals surface area contributed by atoms with Gasteiger partial charge in [-0.2, -0.15) is 0 Å². The molecular weight excluding hydrogens is 452 g/mol. The van der Waals surface area contributed by atoms with Crippen LogP contribution in [0.15, 0.2) is 12.3 Å². The van der Waals surface area contributed by atoms with Gasteiger partial charge in [0.05, 0.1) is 20.3 Å². The molecule has 9 heteroatoms. The standard InChI is InChI=1S/C26H42N2O7/c1-4-6-8-10-12-18-34-22(29)15-14-20(26(32)35-19-13-11-9-7-5-2)28-25(31)23-24(30)21(33-3)16-17-27-23/h16-17,20,30H,4-15,18-19H2,1-3H3,(H,28,31)/t20-/m0/s1. The second kappa shape index (κ2) is 18.5. The van der Waals surface area contributed by atoms with E-state index in [4.69, 9.17) is 14.2 Å². The molecule has 9 nitrogen and oxygen atoms in total. The Kier molecular flexibility index (Phi) is 15.9. The maximum atomic E-state index is 12.7. The first-order valence-electron chi connectivity index (χ1n) is 12.8. The third-order valence-electron chi connectivity index (χ3n) is 5.55. The SMILES string of the molecule is CCCCCCCOC(=O)CC[C@H](NC(=O)c1nccc(OC)c1O)C(=O)OCCCCCCC. The summed E-state index contributed by atoms with van der Waals surface area (Å²) in [7, 11) is 1.35. The average molecular weight is 495 g/mol. The van der Waals surface area contributed by atoms with Crippen LogP contribution in [0.5, 0.6) is 11.5 Å². The first-order valence-corrected chi connectivity index (χ1v) is 12.8. The molecule has 0 fully saturated rings. The highest BCUT2D eigenvalue weighted by molar-refractivity contribution is 5.98. The Hall–Kier alpha value is -2.84. The number of aromatic nitrogens is 1. The first-order chi connectivity index (χ1) is 16.9. The predicted molar refractivity (Wildman–Crippen MR) is 132 cm³/mol. The van der Waals surface area contributed by atoms with E-state index in [0.717, 1.165) is 64.2 Å². The smallest absolute Gasteiger partial charge is 0.328 e. The lowest BCUT2D eigenvalue weighted by molar-refractivity contribution is -0.147. The van der Waals surface area contributed by atoms with E-state index in [1.807, 2.05) is 0 Å². The topological polar surface area (TPSA) is 124 Å². The zero-order chi connectivity index (χ0) is 25.9. The molecule has 0 aliphatic carbocycles. The van der Waals surface area contributed by atoms with E-state index in [9.17, 15) is 19.5 Å². The van der Waals surface area contributed by atoms with Crippen LogP contribution < -0.4 is 10.1 Å². The minimum absolute atomic E-state index is 0.0137. The number of esters is 2. The second-order valence-corrected chi connectivity index (χ2v) is 8.49. The first kappa shape index (κ1) is 30.2. The van der Waals surface area contributed by atoms with Gasteiger partial charge in [-0.25, -0.2) is 9.78 Å². The molecule has 1 aromatic rings. The van der Waals surface area contributed by atoms with Crippen molar-refractivity contribution in [2.45, 2.75) is 96.9 Å². The van der Waals surface area contributed by atoms with Gasteiger partial charge in [0.1, 0.15) is 6.04 Å². The highest BCUT2D eigenvalue weighted by Crippen LogP contribution is 2.27. The molecule has 0 unspecified atom stereocenters. The van der Waals surface area contributed by atoms with Crippen molar-refractivity contribution in [2.24, 2.45) is 0 Å². The van der Waals surface area contributed by atoms with Gasteiger partial charge in [-0.15, -0.1) is 0 Å². The number of rotatable bonds is 19. The zero-order valence-corrected chi connectivity index (χ0v) is 21.5. The Balaban J connectivity index is 2.67. The quantitative estimate of drug-likeness (QED) is 0.209.